The lowest BCUT2D eigenvalue weighted by Gasteiger charge is -2.26. The van der Waals surface area contributed by atoms with Gasteiger partial charge in [0.2, 0.25) is 5.91 Å². The predicted octanol–water partition coefficient (Wildman–Crippen LogP) is 3.39. The van der Waals surface area contributed by atoms with E-state index < -0.39 is 0 Å². The second kappa shape index (κ2) is 7.09. The molecule has 110 valence electrons. The number of carbonyl (C=O) groups is 1. The summed E-state index contributed by atoms with van der Waals surface area (Å²) in [6.45, 7) is 3.14. The molecule has 1 N–H and O–H groups in total. The quantitative estimate of drug-likeness (QED) is 0.903. The molecule has 2 atom stereocenters. The van der Waals surface area contributed by atoms with Gasteiger partial charge in [-0.25, -0.2) is 0 Å². The van der Waals surface area contributed by atoms with Crippen LogP contribution in [0.2, 0.25) is 5.02 Å². The first kappa shape index (κ1) is 15.3. The molecule has 0 aromatic heterocycles. The zero-order valence-corrected chi connectivity index (χ0v) is 13.0. The van der Waals surface area contributed by atoms with Gasteiger partial charge in [-0.15, -0.1) is 0 Å². The molecule has 1 fully saturated rings. The van der Waals surface area contributed by atoms with E-state index in [2.05, 4.69) is 12.2 Å². The third-order valence-electron chi connectivity index (χ3n) is 4.20. The van der Waals surface area contributed by atoms with E-state index in [1.54, 1.807) is 0 Å². The molecule has 2 unspecified atom stereocenters. The lowest BCUT2D eigenvalue weighted by Crippen LogP contribution is -2.31. The molecule has 0 spiro atoms. The molecule has 4 heteroatoms. The van der Waals surface area contributed by atoms with Crippen molar-refractivity contribution >= 4 is 17.5 Å². The maximum absolute atomic E-state index is 12.3. The Morgan fingerprint density at radius 1 is 1.45 bits per heavy atom. The van der Waals surface area contributed by atoms with Crippen molar-refractivity contribution in [3.05, 3.63) is 34.9 Å². The van der Waals surface area contributed by atoms with Gasteiger partial charge in [-0.2, -0.15) is 0 Å². The maximum Gasteiger partial charge on any atom is 0.222 e. The largest absolute Gasteiger partial charge is 0.339 e. The molecule has 0 aliphatic carbocycles. The third kappa shape index (κ3) is 3.97. The van der Waals surface area contributed by atoms with Crippen molar-refractivity contribution in [2.45, 2.75) is 44.7 Å². The molecular weight excluding hydrogens is 272 g/mol. The van der Waals surface area contributed by atoms with E-state index in [0.29, 0.717) is 12.5 Å². The Bertz CT molecular complexity index is 440. The number of hydrogen-bond acceptors (Lipinski definition) is 2. The number of nitrogens with one attached hydrogen (secondary N) is 1. The van der Waals surface area contributed by atoms with Crippen LogP contribution in [0.5, 0.6) is 0 Å². The Balaban J connectivity index is 1.86. The van der Waals surface area contributed by atoms with Crippen molar-refractivity contribution in [1.29, 1.82) is 0 Å². The van der Waals surface area contributed by atoms with E-state index in [-0.39, 0.29) is 11.9 Å². The number of amides is 1. The zero-order chi connectivity index (χ0) is 14.5. The van der Waals surface area contributed by atoms with Gasteiger partial charge in [-0.05, 0) is 50.4 Å². The molecule has 0 radical (unpaired) electrons. The van der Waals surface area contributed by atoms with E-state index in [0.717, 1.165) is 23.6 Å². The van der Waals surface area contributed by atoms with Gasteiger partial charge in [0.15, 0.2) is 0 Å². The summed E-state index contributed by atoms with van der Waals surface area (Å²) in [4.78, 5) is 14.1. The van der Waals surface area contributed by atoms with Crippen LogP contribution in [0.1, 0.15) is 44.2 Å². The van der Waals surface area contributed by atoms with Gasteiger partial charge in [0.1, 0.15) is 0 Å². The van der Waals surface area contributed by atoms with Crippen LogP contribution in [0, 0.1) is 0 Å². The SMILES string of the molecule is CC(c1ccc(Cl)cc1)N(C)C(=O)CCC1CCCN1. The fourth-order valence-corrected chi connectivity index (χ4v) is 2.78. The van der Waals surface area contributed by atoms with Gasteiger partial charge in [-0.3, -0.25) is 4.79 Å². The summed E-state index contributed by atoms with van der Waals surface area (Å²) in [5, 5.41) is 4.16. The van der Waals surface area contributed by atoms with Gasteiger partial charge < -0.3 is 10.2 Å². The predicted molar refractivity (Wildman–Crippen MR) is 82.9 cm³/mol. The molecule has 1 aromatic carbocycles. The first-order valence-electron chi connectivity index (χ1n) is 7.32. The Morgan fingerprint density at radius 2 is 2.15 bits per heavy atom. The molecule has 1 aliphatic rings. The van der Waals surface area contributed by atoms with Crippen molar-refractivity contribution in [3.63, 3.8) is 0 Å². The number of halogens is 1. The smallest absolute Gasteiger partial charge is 0.222 e. The summed E-state index contributed by atoms with van der Waals surface area (Å²) in [6.07, 6.45) is 3.99. The number of carbonyl (C=O) groups excluding carboxylic acids is 1. The standard InChI is InChI=1S/C16H23ClN2O/c1-12(13-5-7-14(17)8-6-13)19(2)16(20)10-9-15-4-3-11-18-15/h5-8,12,15,18H,3-4,9-11H2,1-2H3. The molecule has 1 heterocycles. The van der Waals surface area contributed by atoms with Crippen LogP contribution < -0.4 is 5.32 Å². The van der Waals surface area contributed by atoms with Gasteiger partial charge in [0.25, 0.3) is 0 Å². The average molecular weight is 295 g/mol. The monoisotopic (exact) mass is 294 g/mol. The van der Waals surface area contributed by atoms with Gasteiger partial charge in [0.05, 0.1) is 6.04 Å². The molecule has 0 bridgehead atoms. The van der Waals surface area contributed by atoms with Crippen LogP contribution in [-0.2, 0) is 4.79 Å². The fraction of sp³-hybridized carbons (Fsp3) is 0.562. The van der Waals surface area contributed by atoms with E-state index >= 15 is 0 Å². The van der Waals surface area contributed by atoms with Gasteiger partial charge in [0, 0.05) is 24.5 Å². The molecule has 3 nitrogen and oxygen atoms in total. The summed E-state index contributed by atoms with van der Waals surface area (Å²) in [5.74, 6) is 0.209. The minimum absolute atomic E-state index is 0.0799. The van der Waals surface area contributed by atoms with E-state index in [9.17, 15) is 4.79 Å². The minimum atomic E-state index is 0.0799. The minimum Gasteiger partial charge on any atom is -0.339 e. The highest BCUT2D eigenvalue weighted by atomic mass is 35.5. The number of benzene rings is 1. The van der Waals surface area contributed by atoms with Crippen molar-refractivity contribution in [3.8, 4) is 0 Å². The lowest BCUT2D eigenvalue weighted by atomic mass is 10.1. The Hall–Kier alpha value is -1.06. The van der Waals surface area contributed by atoms with Gasteiger partial charge >= 0.3 is 0 Å². The molecule has 1 amide bonds. The molecule has 0 saturated carbocycles. The second-order valence-corrected chi connectivity index (χ2v) is 6.00. The molecule has 20 heavy (non-hydrogen) atoms. The third-order valence-corrected chi connectivity index (χ3v) is 4.45. The summed E-state index contributed by atoms with van der Waals surface area (Å²) >= 11 is 5.89. The first-order chi connectivity index (χ1) is 9.58. The average Bonchev–Trinajstić information content (AvgIpc) is 2.97. The summed E-state index contributed by atoms with van der Waals surface area (Å²) in [7, 11) is 1.88. The van der Waals surface area contributed by atoms with E-state index in [1.807, 2.05) is 36.2 Å². The van der Waals surface area contributed by atoms with Crippen LogP contribution >= 0.6 is 11.6 Å². The Labute approximate surface area is 126 Å². The summed E-state index contributed by atoms with van der Waals surface area (Å²) in [5.41, 5.74) is 1.12. The molecule has 1 saturated heterocycles. The normalized spacial score (nSPS) is 19.9. The highest BCUT2D eigenvalue weighted by Gasteiger charge is 2.20. The van der Waals surface area contributed by atoms with Crippen LogP contribution in [0.3, 0.4) is 0 Å². The van der Waals surface area contributed by atoms with Crippen molar-refractivity contribution < 1.29 is 4.79 Å². The van der Waals surface area contributed by atoms with Crippen LogP contribution in [0.15, 0.2) is 24.3 Å². The molecular formula is C16H23ClN2O. The summed E-state index contributed by atoms with van der Waals surface area (Å²) < 4.78 is 0. The zero-order valence-electron chi connectivity index (χ0n) is 12.2. The molecule has 1 aliphatic heterocycles. The Kier molecular flexibility index (Phi) is 5.44. The van der Waals surface area contributed by atoms with Gasteiger partial charge in [-0.1, -0.05) is 23.7 Å². The molecule has 1 aromatic rings. The van der Waals surface area contributed by atoms with E-state index in [1.165, 1.54) is 12.8 Å². The fourth-order valence-electron chi connectivity index (χ4n) is 2.66. The number of nitrogens with zero attached hydrogens (tertiary/aromatic N) is 1. The van der Waals surface area contributed by atoms with Crippen LogP contribution in [-0.4, -0.2) is 30.4 Å². The second-order valence-electron chi connectivity index (χ2n) is 5.56. The van der Waals surface area contributed by atoms with Crippen molar-refractivity contribution in [2.24, 2.45) is 0 Å². The summed E-state index contributed by atoms with van der Waals surface area (Å²) in [6, 6.07) is 8.31. The maximum atomic E-state index is 12.3. The number of rotatable bonds is 5. The van der Waals surface area contributed by atoms with Crippen LogP contribution in [0.25, 0.3) is 0 Å². The topological polar surface area (TPSA) is 32.3 Å². The number of hydrogen-bond donors (Lipinski definition) is 1. The van der Waals surface area contributed by atoms with Crippen molar-refractivity contribution in [1.82, 2.24) is 10.2 Å². The van der Waals surface area contributed by atoms with E-state index in [4.69, 9.17) is 11.6 Å². The Morgan fingerprint density at radius 3 is 2.75 bits per heavy atom. The first-order valence-corrected chi connectivity index (χ1v) is 7.70. The highest BCUT2D eigenvalue weighted by molar-refractivity contribution is 6.30. The highest BCUT2D eigenvalue weighted by Crippen LogP contribution is 2.22. The van der Waals surface area contributed by atoms with Crippen molar-refractivity contribution in [2.75, 3.05) is 13.6 Å². The molecule has 2 rings (SSSR count). The lowest BCUT2D eigenvalue weighted by molar-refractivity contribution is -0.132. The van der Waals surface area contributed by atoms with Crippen LogP contribution in [0.4, 0.5) is 0 Å².